The second-order valence-electron chi connectivity index (χ2n) is 3.28. The number of aromatic nitrogens is 2. The van der Waals surface area contributed by atoms with Gasteiger partial charge < -0.3 is 0 Å². The van der Waals surface area contributed by atoms with E-state index >= 15 is 0 Å². The van der Waals surface area contributed by atoms with Gasteiger partial charge in [-0.05, 0) is 19.1 Å². The monoisotopic (exact) mass is 288 g/mol. The molecule has 1 aromatic heterocycles. The van der Waals surface area contributed by atoms with E-state index in [4.69, 9.17) is 0 Å². The van der Waals surface area contributed by atoms with E-state index in [1.54, 1.807) is 0 Å². The first-order chi connectivity index (χ1) is 7.56. The first kappa shape index (κ1) is 11.2. The number of benzene rings is 1. The van der Waals surface area contributed by atoms with E-state index in [2.05, 4.69) is 20.9 Å². The molecule has 0 saturated carbocycles. The van der Waals surface area contributed by atoms with E-state index < -0.39 is 11.6 Å². The molecule has 0 N–H and O–H groups in total. The molecular weight excluding hydrogens is 282 g/mol. The van der Waals surface area contributed by atoms with Crippen LogP contribution in [0, 0.1) is 18.6 Å². The minimum atomic E-state index is -1.03. The van der Waals surface area contributed by atoms with E-state index in [0.29, 0.717) is 0 Å². The average Bonchev–Trinajstić information content (AvgIpc) is 2.27. The van der Waals surface area contributed by atoms with Gasteiger partial charge in [-0.1, -0.05) is 15.9 Å². The fourth-order valence-corrected chi connectivity index (χ4v) is 1.99. The third kappa shape index (κ3) is 1.53. The Morgan fingerprint density at radius 2 is 2.12 bits per heavy atom. The summed E-state index contributed by atoms with van der Waals surface area (Å²) in [4.78, 5) is 15.4. The Morgan fingerprint density at radius 3 is 2.75 bits per heavy atom. The number of hydrogen-bond donors (Lipinski definition) is 0. The topological polar surface area (TPSA) is 34.9 Å². The highest BCUT2D eigenvalue weighted by Crippen LogP contribution is 2.17. The molecule has 2 rings (SSSR count). The third-order valence-electron chi connectivity index (χ3n) is 2.29. The molecule has 16 heavy (non-hydrogen) atoms. The van der Waals surface area contributed by atoms with Gasteiger partial charge in [0.25, 0.3) is 5.56 Å². The van der Waals surface area contributed by atoms with Crippen LogP contribution in [0.3, 0.4) is 0 Å². The van der Waals surface area contributed by atoms with Gasteiger partial charge in [0, 0.05) is 0 Å². The summed E-state index contributed by atoms with van der Waals surface area (Å²) >= 11 is 3.13. The van der Waals surface area contributed by atoms with Crippen molar-refractivity contribution in [3.05, 3.63) is 39.8 Å². The van der Waals surface area contributed by atoms with Crippen LogP contribution in [0.2, 0.25) is 0 Å². The third-order valence-corrected chi connectivity index (χ3v) is 2.79. The van der Waals surface area contributed by atoms with E-state index in [0.717, 1.165) is 6.07 Å². The lowest BCUT2D eigenvalue weighted by Crippen LogP contribution is -2.23. The van der Waals surface area contributed by atoms with Crippen molar-refractivity contribution in [2.45, 2.75) is 12.4 Å². The predicted molar refractivity (Wildman–Crippen MR) is 59.6 cm³/mol. The van der Waals surface area contributed by atoms with Crippen LogP contribution in [0.25, 0.3) is 11.0 Å². The number of alkyl halides is 1. The summed E-state index contributed by atoms with van der Waals surface area (Å²) in [7, 11) is 0. The highest BCUT2D eigenvalue weighted by Gasteiger charge is 2.13. The maximum absolute atomic E-state index is 13.5. The lowest BCUT2D eigenvalue weighted by Gasteiger charge is -2.08. The SMILES string of the molecule is Cc1nc2c(F)c(F)ccc2n(CBr)c1=O. The zero-order valence-corrected chi connectivity index (χ0v) is 9.88. The van der Waals surface area contributed by atoms with Crippen molar-refractivity contribution in [1.82, 2.24) is 9.55 Å². The molecule has 84 valence electrons. The molecule has 0 radical (unpaired) electrons. The molecule has 0 saturated heterocycles. The van der Waals surface area contributed by atoms with Crippen molar-refractivity contribution in [3.8, 4) is 0 Å². The quantitative estimate of drug-likeness (QED) is 0.755. The predicted octanol–water partition coefficient (Wildman–Crippen LogP) is 2.34. The molecule has 0 atom stereocenters. The Morgan fingerprint density at radius 1 is 1.44 bits per heavy atom. The van der Waals surface area contributed by atoms with Gasteiger partial charge in [0.1, 0.15) is 11.2 Å². The van der Waals surface area contributed by atoms with E-state index in [9.17, 15) is 13.6 Å². The van der Waals surface area contributed by atoms with E-state index in [1.807, 2.05) is 0 Å². The summed E-state index contributed by atoms with van der Waals surface area (Å²) < 4.78 is 27.8. The summed E-state index contributed by atoms with van der Waals surface area (Å²) in [5.41, 5.74) is 0.159. The van der Waals surface area contributed by atoms with Crippen molar-refractivity contribution in [1.29, 1.82) is 0 Å². The van der Waals surface area contributed by atoms with Crippen LogP contribution in [0.15, 0.2) is 16.9 Å². The number of halogens is 3. The smallest absolute Gasteiger partial charge is 0.273 e. The normalized spacial score (nSPS) is 11.0. The van der Waals surface area contributed by atoms with Gasteiger partial charge >= 0.3 is 0 Å². The first-order valence-corrected chi connectivity index (χ1v) is 5.59. The van der Waals surface area contributed by atoms with Gasteiger partial charge in [-0.2, -0.15) is 0 Å². The fourth-order valence-electron chi connectivity index (χ4n) is 1.49. The van der Waals surface area contributed by atoms with Crippen molar-refractivity contribution in [2.75, 3.05) is 0 Å². The van der Waals surface area contributed by atoms with Gasteiger partial charge in [-0.25, -0.2) is 13.8 Å². The van der Waals surface area contributed by atoms with Crippen LogP contribution in [0.1, 0.15) is 5.69 Å². The van der Waals surface area contributed by atoms with E-state index in [-0.39, 0.29) is 27.7 Å². The van der Waals surface area contributed by atoms with Crippen LogP contribution in [0.4, 0.5) is 8.78 Å². The van der Waals surface area contributed by atoms with Crippen LogP contribution >= 0.6 is 15.9 Å². The zero-order chi connectivity index (χ0) is 11.9. The molecule has 3 nitrogen and oxygen atoms in total. The standard InChI is InChI=1S/C10H7BrF2N2O/c1-5-10(16)15(4-11)7-3-2-6(12)8(13)9(7)14-5/h2-3H,4H2,1H3. The molecule has 0 bridgehead atoms. The highest BCUT2D eigenvalue weighted by molar-refractivity contribution is 9.08. The summed E-state index contributed by atoms with van der Waals surface area (Å²) in [6.07, 6.45) is 0. The largest absolute Gasteiger partial charge is 0.295 e. The number of nitrogens with zero attached hydrogens (tertiary/aromatic N) is 2. The molecule has 0 aliphatic heterocycles. The molecular formula is C10H7BrF2N2O. The molecule has 1 aromatic carbocycles. The molecule has 2 aromatic rings. The van der Waals surface area contributed by atoms with Crippen LogP contribution in [-0.4, -0.2) is 9.55 Å². The molecule has 0 unspecified atom stereocenters. The summed E-state index contributed by atoms with van der Waals surface area (Å²) in [5, 5.41) is 0. The van der Waals surface area contributed by atoms with Crippen molar-refractivity contribution < 1.29 is 8.78 Å². The lowest BCUT2D eigenvalue weighted by atomic mass is 10.2. The Balaban J connectivity index is 3.02. The highest BCUT2D eigenvalue weighted by atomic mass is 79.9. The number of fused-ring (bicyclic) bond motifs is 1. The van der Waals surface area contributed by atoms with Crippen molar-refractivity contribution >= 4 is 27.0 Å². The van der Waals surface area contributed by atoms with Gasteiger partial charge in [-0.3, -0.25) is 9.36 Å². The Labute approximate surface area is 97.9 Å². The van der Waals surface area contributed by atoms with Crippen LogP contribution < -0.4 is 5.56 Å². The molecule has 0 amide bonds. The Hall–Kier alpha value is -1.30. The number of rotatable bonds is 1. The molecule has 1 heterocycles. The van der Waals surface area contributed by atoms with Gasteiger partial charge in [-0.15, -0.1) is 0 Å². The van der Waals surface area contributed by atoms with Crippen molar-refractivity contribution in [3.63, 3.8) is 0 Å². The lowest BCUT2D eigenvalue weighted by molar-refractivity contribution is 0.514. The fraction of sp³-hybridized carbons (Fsp3) is 0.200. The maximum atomic E-state index is 13.5. The Bertz CT molecular complexity index is 624. The molecule has 0 aliphatic carbocycles. The first-order valence-electron chi connectivity index (χ1n) is 4.47. The van der Waals surface area contributed by atoms with Crippen LogP contribution in [0.5, 0.6) is 0 Å². The summed E-state index contributed by atoms with van der Waals surface area (Å²) in [5.74, 6) is -2.01. The second-order valence-corrected chi connectivity index (χ2v) is 3.78. The maximum Gasteiger partial charge on any atom is 0.273 e. The zero-order valence-electron chi connectivity index (χ0n) is 8.30. The Kier molecular flexibility index (Phi) is 2.75. The van der Waals surface area contributed by atoms with Gasteiger partial charge in [0.05, 0.1) is 11.0 Å². The summed E-state index contributed by atoms with van der Waals surface area (Å²) in [6, 6.07) is 2.32. The van der Waals surface area contributed by atoms with Crippen molar-refractivity contribution in [2.24, 2.45) is 0 Å². The van der Waals surface area contributed by atoms with Gasteiger partial charge in [0.15, 0.2) is 11.6 Å². The molecule has 0 spiro atoms. The minimum absolute atomic E-state index is 0.128. The molecule has 0 fully saturated rings. The number of hydrogen-bond acceptors (Lipinski definition) is 2. The minimum Gasteiger partial charge on any atom is -0.295 e. The van der Waals surface area contributed by atoms with Crippen LogP contribution in [-0.2, 0) is 5.45 Å². The number of aryl methyl sites for hydroxylation is 1. The summed E-state index contributed by atoms with van der Waals surface area (Å²) in [6.45, 7) is 1.46. The van der Waals surface area contributed by atoms with Gasteiger partial charge in [0.2, 0.25) is 0 Å². The van der Waals surface area contributed by atoms with E-state index in [1.165, 1.54) is 17.6 Å². The molecule has 0 aliphatic rings. The molecule has 6 heteroatoms. The average molecular weight is 289 g/mol. The second kappa shape index (κ2) is 3.93.